The van der Waals surface area contributed by atoms with Crippen LogP contribution in [-0.2, 0) is 4.79 Å². The first-order valence-electron chi connectivity index (χ1n) is 7.63. The lowest BCUT2D eigenvalue weighted by atomic mass is 10.1. The molecule has 0 radical (unpaired) electrons. The Kier molecular flexibility index (Phi) is 13.1. The number of primary amides is 1. The van der Waals surface area contributed by atoms with E-state index in [-0.39, 0.29) is 11.2 Å². The summed E-state index contributed by atoms with van der Waals surface area (Å²) in [6.07, 6.45) is 12.5. The molecule has 0 spiro atoms. The van der Waals surface area contributed by atoms with Gasteiger partial charge >= 0.3 is 0 Å². The second kappa shape index (κ2) is 13.3. The Hall–Kier alpha value is -0.180. The summed E-state index contributed by atoms with van der Waals surface area (Å²) in [5, 5.41) is 0.0463. The maximum atomic E-state index is 11.2. The maximum Gasteiger partial charge on any atom is 0.230 e. The molecule has 1 atom stereocenters. The topological polar surface area (TPSA) is 43.1 Å². The minimum Gasteiger partial charge on any atom is -0.369 e. The molecule has 18 heavy (non-hydrogen) atoms. The van der Waals surface area contributed by atoms with Crippen LogP contribution in [0.25, 0.3) is 0 Å². The second-order valence-corrected chi connectivity index (χ2v) is 6.34. The standard InChI is InChI=1S/C15H31NOS/c1-3-5-7-8-9-10-11-13-18-14(15(16)17)12-6-4-2/h14H,3-13H2,1-2H3,(H2,16,17). The van der Waals surface area contributed by atoms with E-state index in [1.165, 1.54) is 44.9 Å². The fourth-order valence-corrected chi connectivity index (χ4v) is 3.13. The van der Waals surface area contributed by atoms with Crippen molar-refractivity contribution < 1.29 is 4.79 Å². The van der Waals surface area contributed by atoms with Crippen LogP contribution in [0.5, 0.6) is 0 Å². The minimum atomic E-state index is -0.128. The molecule has 0 aliphatic carbocycles. The van der Waals surface area contributed by atoms with Gasteiger partial charge in [-0.2, -0.15) is 0 Å². The second-order valence-electron chi connectivity index (χ2n) is 5.03. The van der Waals surface area contributed by atoms with Gasteiger partial charge in [-0.1, -0.05) is 65.2 Å². The van der Waals surface area contributed by atoms with Crippen LogP contribution in [0.4, 0.5) is 0 Å². The summed E-state index contributed by atoms with van der Waals surface area (Å²) in [5.41, 5.74) is 5.41. The summed E-state index contributed by atoms with van der Waals surface area (Å²) in [4.78, 5) is 11.2. The molecule has 0 saturated heterocycles. The number of carbonyl (C=O) groups excluding carboxylic acids is 1. The molecular formula is C15H31NOS. The summed E-state index contributed by atoms with van der Waals surface area (Å²) >= 11 is 1.76. The Balaban J connectivity index is 3.40. The third-order valence-corrected chi connectivity index (χ3v) is 4.60. The fourth-order valence-electron chi connectivity index (χ4n) is 1.98. The van der Waals surface area contributed by atoms with Crippen LogP contribution < -0.4 is 5.73 Å². The molecule has 0 aliphatic heterocycles. The zero-order valence-electron chi connectivity index (χ0n) is 12.2. The Labute approximate surface area is 117 Å². The Morgan fingerprint density at radius 3 is 2.06 bits per heavy atom. The molecule has 0 heterocycles. The molecule has 0 aromatic heterocycles. The molecule has 2 nitrogen and oxygen atoms in total. The summed E-state index contributed by atoms with van der Waals surface area (Å²) in [6, 6.07) is 0. The van der Waals surface area contributed by atoms with Gasteiger partial charge in [-0.3, -0.25) is 4.79 Å². The molecule has 0 rings (SSSR count). The average molecular weight is 273 g/mol. The molecule has 0 aliphatic rings. The van der Waals surface area contributed by atoms with Crippen LogP contribution in [0.3, 0.4) is 0 Å². The number of hydrogen-bond donors (Lipinski definition) is 1. The van der Waals surface area contributed by atoms with Crippen LogP contribution in [0.2, 0.25) is 0 Å². The van der Waals surface area contributed by atoms with E-state index in [0.29, 0.717) is 0 Å². The molecule has 0 fully saturated rings. The lowest BCUT2D eigenvalue weighted by Crippen LogP contribution is -2.26. The number of thioether (sulfide) groups is 1. The lowest BCUT2D eigenvalue weighted by Gasteiger charge is -2.12. The molecule has 1 amide bonds. The van der Waals surface area contributed by atoms with Crippen molar-refractivity contribution in [1.82, 2.24) is 0 Å². The number of rotatable bonds is 13. The van der Waals surface area contributed by atoms with E-state index in [1.54, 1.807) is 11.8 Å². The van der Waals surface area contributed by atoms with Gasteiger partial charge in [-0.25, -0.2) is 0 Å². The fraction of sp³-hybridized carbons (Fsp3) is 0.933. The maximum absolute atomic E-state index is 11.2. The van der Waals surface area contributed by atoms with Crippen molar-refractivity contribution in [3.05, 3.63) is 0 Å². The molecule has 2 N–H and O–H groups in total. The van der Waals surface area contributed by atoms with Gasteiger partial charge in [-0.05, 0) is 18.6 Å². The molecule has 3 heteroatoms. The summed E-state index contributed by atoms with van der Waals surface area (Å²) in [7, 11) is 0. The zero-order chi connectivity index (χ0) is 13.6. The highest BCUT2D eigenvalue weighted by atomic mass is 32.2. The van der Waals surface area contributed by atoms with Gasteiger partial charge in [0.25, 0.3) is 0 Å². The number of unbranched alkanes of at least 4 members (excludes halogenated alkanes) is 7. The highest BCUT2D eigenvalue weighted by molar-refractivity contribution is 8.00. The van der Waals surface area contributed by atoms with Gasteiger partial charge in [0.1, 0.15) is 0 Å². The lowest BCUT2D eigenvalue weighted by molar-refractivity contribution is -0.117. The molecule has 1 unspecified atom stereocenters. The van der Waals surface area contributed by atoms with Crippen molar-refractivity contribution in [1.29, 1.82) is 0 Å². The third-order valence-electron chi connectivity index (χ3n) is 3.20. The van der Waals surface area contributed by atoms with Crippen LogP contribution in [-0.4, -0.2) is 16.9 Å². The number of amides is 1. The van der Waals surface area contributed by atoms with Crippen LogP contribution in [0.1, 0.15) is 78.1 Å². The van der Waals surface area contributed by atoms with Gasteiger partial charge in [0, 0.05) is 0 Å². The number of hydrogen-bond acceptors (Lipinski definition) is 2. The number of carbonyl (C=O) groups is 1. The highest BCUT2D eigenvalue weighted by Gasteiger charge is 2.14. The van der Waals surface area contributed by atoms with Crippen LogP contribution in [0.15, 0.2) is 0 Å². The largest absolute Gasteiger partial charge is 0.369 e. The van der Waals surface area contributed by atoms with Gasteiger partial charge in [0.15, 0.2) is 0 Å². The molecular weight excluding hydrogens is 242 g/mol. The van der Waals surface area contributed by atoms with E-state index in [4.69, 9.17) is 5.73 Å². The first-order valence-corrected chi connectivity index (χ1v) is 8.68. The van der Waals surface area contributed by atoms with Crippen molar-refractivity contribution in [3.8, 4) is 0 Å². The van der Waals surface area contributed by atoms with Crippen molar-refractivity contribution >= 4 is 17.7 Å². The summed E-state index contributed by atoms with van der Waals surface area (Å²) < 4.78 is 0. The van der Waals surface area contributed by atoms with Crippen LogP contribution >= 0.6 is 11.8 Å². The summed E-state index contributed by atoms with van der Waals surface area (Å²) in [6.45, 7) is 4.40. The molecule has 0 saturated carbocycles. The number of nitrogens with two attached hydrogens (primary N) is 1. The van der Waals surface area contributed by atoms with E-state index in [9.17, 15) is 4.79 Å². The highest BCUT2D eigenvalue weighted by Crippen LogP contribution is 2.19. The summed E-state index contributed by atoms with van der Waals surface area (Å²) in [5.74, 6) is 0.960. The average Bonchev–Trinajstić information content (AvgIpc) is 2.35. The van der Waals surface area contributed by atoms with E-state index in [1.807, 2.05) is 0 Å². The Bertz CT molecular complexity index is 197. The zero-order valence-corrected chi connectivity index (χ0v) is 13.1. The Morgan fingerprint density at radius 2 is 1.50 bits per heavy atom. The van der Waals surface area contributed by atoms with Crippen LogP contribution in [0, 0.1) is 0 Å². The minimum absolute atomic E-state index is 0.0463. The van der Waals surface area contributed by atoms with E-state index in [0.717, 1.165) is 25.0 Å². The molecule has 0 aromatic carbocycles. The van der Waals surface area contributed by atoms with Gasteiger partial charge in [0.05, 0.1) is 5.25 Å². The molecule has 0 aromatic rings. The first-order chi connectivity index (χ1) is 8.72. The van der Waals surface area contributed by atoms with E-state index in [2.05, 4.69) is 13.8 Å². The SMILES string of the molecule is CCCCCCCCCSC(CCCC)C(N)=O. The Morgan fingerprint density at radius 1 is 0.944 bits per heavy atom. The third kappa shape index (κ3) is 10.9. The van der Waals surface area contributed by atoms with Crippen molar-refractivity contribution in [3.63, 3.8) is 0 Å². The smallest absolute Gasteiger partial charge is 0.230 e. The van der Waals surface area contributed by atoms with E-state index >= 15 is 0 Å². The van der Waals surface area contributed by atoms with Crippen molar-refractivity contribution in [2.24, 2.45) is 5.73 Å². The van der Waals surface area contributed by atoms with Crippen molar-refractivity contribution in [2.75, 3.05) is 5.75 Å². The first kappa shape index (κ1) is 17.8. The quantitative estimate of drug-likeness (QED) is 0.502. The normalized spacial score (nSPS) is 12.6. The van der Waals surface area contributed by atoms with E-state index < -0.39 is 0 Å². The molecule has 0 bridgehead atoms. The van der Waals surface area contributed by atoms with Crippen molar-refractivity contribution in [2.45, 2.75) is 83.3 Å². The van der Waals surface area contributed by atoms with Gasteiger partial charge in [0.2, 0.25) is 5.91 Å². The van der Waals surface area contributed by atoms with Gasteiger partial charge in [-0.15, -0.1) is 11.8 Å². The predicted octanol–water partition coefficient (Wildman–Crippen LogP) is 4.51. The van der Waals surface area contributed by atoms with Gasteiger partial charge < -0.3 is 5.73 Å². The molecule has 108 valence electrons. The monoisotopic (exact) mass is 273 g/mol. The predicted molar refractivity (Wildman–Crippen MR) is 83.0 cm³/mol.